The van der Waals surface area contributed by atoms with Gasteiger partial charge in [-0.25, -0.2) is 8.78 Å². The second-order valence-electron chi connectivity index (χ2n) is 6.51. The van der Waals surface area contributed by atoms with Crippen LogP contribution in [0.5, 0.6) is 5.75 Å². The standard InChI is InChI=1S/C23H21F3O2/c1-2-28-14-19-10-9-18(13-20(19)24)16-6-3-15(4-7-16)5-8-17-11-12-21(27)23(26)22(17)25/h3-4,6-7,9-13,27H,2,5,8,14H2,1H3. The van der Waals surface area contributed by atoms with E-state index in [2.05, 4.69) is 0 Å². The molecule has 28 heavy (non-hydrogen) atoms. The summed E-state index contributed by atoms with van der Waals surface area (Å²) in [5, 5.41) is 9.18. The third-order valence-corrected chi connectivity index (χ3v) is 4.63. The summed E-state index contributed by atoms with van der Waals surface area (Å²) >= 11 is 0. The number of halogens is 3. The number of ether oxygens (including phenoxy) is 1. The Kier molecular flexibility index (Phi) is 6.37. The van der Waals surface area contributed by atoms with E-state index < -0.39 is 17.4 Å². The van der Waals surface area contributed by atoms with Crippen LogP contribution in [0.15, 0.2) is 54.6 Å². The lowest BCUT2D eigenvalue weighted by Crippen LogP contribution is -1.98. The van der Waals surface area contributed by atoms with Gasteiger partial charge in [-0.3, -0.25) is 0 Å². The zero-order chi connectivity index (χ0) is 20.1. The molecule has 0 heterocycles. The maximum absolute atomic E-state index is 14.2. The summed E-state index contributed by atoms with van der Waals surface area (Å²) in [6.07, 6.45) is 0.826. The van der Waals surface area contributed by atoms with Gasteiger partial charge in [0.1, 0.15) is 5.82 Å². The predicted octanol–water partition coefficient (Wildman–Crippen LogP) is 5.80. The van der Waals surface area contributed by atoms with Gasteiger partial charge in [0.2, 0.25) is 5.82 Å². The van der Waals surface area contributed by atoms with E-state index in [1.807, 2.05) is 37.3 Å². The Hall–Kier alpha value is -2.79. The molecule has 1 N–H and O–H groups in total. The molecule has 0 fully saturated rings. The highest BCUT2D eigenvalue weighted by atomic mass is 19.2. The Morgan fingerprint density at radius 1 is 0.786 bits per heavy atom. The van der Waals surface area contributed by atoms with Gasteiger partial charge in [0.25, 0.3) is 0 Å². The molecule has 3 aromatic rings. The second kappa shape index (κ2) is 8.93. The highest BCUT2D eigenvalue weighted by molar-refractivity contribution is 5.64. The maximum atomic E-state index is 14.2. The van der Waals surface area contributed by atoms with Crippen molar-refractivity contribution in [2.24, 2.45) is 0 Å². The third-order valence-electron chi connectivity index (χ3n) is 4.63. The number of phenolic OH excluding ortho intramolecular Hbond substituents is 1. The predicted molar refractivity (Wildman–Crippen MR) is 103 cm³/mol. The van der Waals surface area contributed by atoms with E-state index >= 15 is 0 Å². The Bertz CT molecular complexity index is 953. The van der Waals surface area contributed by atoms with Crippen molar-refractivity contribution in [1.82, 2.24) is 0 Å². The highest BCUT2D eigenvalue weighted by Crippen LogP contribution is 2.25. The van der Waals surface area contributed by atoms with Gasteiger partial charge in [-0.2, -0.15) is 4.39 Å². The van der Waals surface area contributed by atoms with Crippen LogP contribution in [-0.4, -0.2) is 11.7 Å². The van der Waals surface area contributed by atoms with Crippen LogP contribution in [-0.2, 0) is 24.2 Å². The van der Waals surface area contributed by atoms with E-state index in [-0.39, 0.29) is 18.0 Å². The number of benzene rings is 3. The van der Waals surface area contributed by atoms with Gasteiger partial charge in [-0.15, -0.1) is 0 Å². The average Bonchev–Trinajstić information content (AvgIpc) is 2.71. The van der Waals surface area contributed by atoms with Crippen LogP contribution in [0.1, 0.15) is 23.6 Å². The molecule has 0 radical (unpaired) electrons. The van der Waals surface area contributed by atoms with Crippen molar-refractivity contribution in [3.8, 4) is 16.9 Å². The van der Waals surface area contributed by atoms with Crippen LogP contribution in [0.3, 0.4) is 0 Å². The van der Waals surface area contributed by atoms with Gasteiger partial charge in [0, 0.05) is 12.2 Å². The summed E-state index contributed by atoms with van der Waals surface area (Å²) in [6, 6.07) is 15.1. The normalized spacial score (nSPS) is 11.0. The van der Waals surface area contributed by atoms with Crippen molar-refractivity contribution in [1.29, 1.82) is 0 Å². The number of hydrogen-bond acceptors (Lipinski definition) is 2. The first-order chi connectivity index (χ1) is 13.5. The number of phenols is 1. The van der Waals surface area contributed by atoms with Gasteiger partial charge in [0.15, 0.2) is 11.6 Å². The Balaban J connectivity index is 1.68. The fourth-order valence-electron chi connectivity index (χ4n) is 2.97. The monoisotopic (exact) mass is 386 g/mol. The Morgan fingerprint density at radius 2 is 1.46 bits per heavy atom. The first kappa shape index (κ1) is 20.0. The zero-order valence-corrected chi connectivity index (χ0v) is 15.5. The molecule has 0 saturated heterocycles. The number of rotatable bonds is 7. The molecule has 0 unspecified atom stereocenters. The first-order valence-electron chi connectivity index (χ1n) is 9.11. The maximum Gasteiger partial charge on any atom is 0.200 e. The Labute approximate surface area is 162 Å². The largest absolute Gasteiger partial charge is 0.505 e. The molecule has 0 aliphatic rings. The van der Waals surface area contributed by atoms with E-state index in [4.69, 9.17) is 4.74 Å². The minimum atomic E-state index is -1.22. The van der Waals surface area contributed by atoms with Crippen LogP contribution >= 0.6 is 0 Å². The number of aryl methyl sites for hydroxylation is 2. The molecule has 5 heteroatoms. The van der Waals surface area contributed by atoms with Crippen molar-refractivity contribution in [2.75, 3.05) is 6.61 Å². The van der Waals surface area contributed by atoms with E-state index in [0.29, 0.717) is 25.0 Å². The average molecular weight is 386 g/mol. The van der Waals surface area contributed by atoms with Crippen LogP contribution in [0.2, 0.25) is 0 Å². The smallest absolute Gasteiger partial charge is 0.200 e. The van der Waals surface area contributed by atoms with Crippen molar-refractivity contribution in [3.63, 3.8) is 0 Å². The van der Waals surface area contributed by atoms with E-state index in [1.165, 1.54) is 12.1 Å². The van der Waals surface area contributed by atoms with Crippen LogP contribution in [0.4, 0.5) is 13.2 Å². The molecule has 146 valence electrons. The van der Waals surface area contributed by atoms with E-state index in [1.54, 1.807) is 6.07 Å². The molecule has 3 aromatic carbocycles. The molecule has 0 aliphatic carbocycles. The SMILES string of the molecule is CCOCc1ccc(-c2ccc(CCc3ccc(O)c(F)c3F)cc2)cc1F. The lowest BCUT2D eigenvalue weighted by molar-refractivity contribution is 0.131. The fourth-order valence-corrected chi connectivity index (χ4v) is 2.97. The fraction of sp³-hybridized carbons (Fsp3) is 0.217. The molecule has 0 atom stereocenters. The van der Waals surface area contributed by atoms with Gasteiger partial charge in [-0.05, 0) is 54.2 Å². The highest BCUT2D eigenvalue weighted by Gasteiger charge is 2.12. The van der Waals surface area contributed by atoms with Crippen LogP contribution < -0.4 is 0 Å². The van der Waals surface area contributed by atoms with Gasteiger partial charge in [0.05, 0.1) is 6.61 Å². The summed E-state index contributed by atoms with van der Waals surface area (Å²) in [6.45, 7) is 2.64. The van der Waals surface area contributed by atoms with Crippen LogP contribution in [0, 0.1) is 17.5 Å². The lowest BCUT2D eigenvalue weighted by Gasteiger charge is -2.09. The molecule has 0 saturated carbocycles. The number of aromatic hydroxyl groups is 1. The van der Waals surface area contributed by atoms with Crippen molar-refractivity contribution in [3.05, 3.63) is 88.7 Å². The summed E-state index contributed by atoms with van der Waals surface area (Å²) < 4.78 is 46.7. The van der Waals surface area contributed by atoms with Gasteiger partial charge < -0.3 is 9.84 Å². The molecular formula is C23H21F3O2. The second-order valence-corrected chi connectivity index (χ2v) is 6.51. The molecule has 0 aromatic heterocycles. The molecule has 3 rings (SSSR count). The zero-order valence-electron chi connectivity index (χ0n) is 15.5. The molecule has 0 bridgehead atoms. The molecule has 0 aliphatic heterocycles. The van der Waals surface area contributed by atoms with Gasteiger partial charge in [-0.1, -0.05) is 42.5 Å². The topological polar surface area (TPSA) is 29.5 Å². The van der Waals surface area contributed by atoms with Gasteiger partial charge >= 0.3 is 0 Å². The molecule has 2 nitrogen and oxygen atoms in total. The van der Waals surface area contributed by atoms with Crippen molar-refractivity contribution in [2.45, 2.75) is 26.4 Å². The summed E-state index contributed by atoms with van der Waals surface area (Å²) in [5.41, 5.74) is 3.31. The summed E-state index contributed by atoms with van der Waals surface area (Å²) in [7, 11) is 0. The van der Waals surface area contributed by atoms with Crippen LogP contribution in [0.25, 0.3) is 11.1 Å². The third kappa shape index (κ3) is 4.54. The quantitative estimate of drug-likeness (QED) is 0.556. The number of hydrogen-bond donors (Lipinski definition) is 1. The Morgan fingerprint density at radius 3 is 2.14 bits per heavy atom. The van der Waals surface area contributed by atoms with E-state index in [9.17, 15) is 18.3 Å². The summed E-state index contributed by atoms with van der Waals surface area (Å²) in [4.78, 5) is 0. The first-order valence-corrected chi connectivity index (χ1v) is 9.11. The molecule has 0 amide bonds. The lowest BCUT2D eigenvalue weighted by atomic mass is 9.99. The molecule has 0 spiro atoms. The minimum Gasteiger partial charge on any atom is -0.505 e. The minimum absolute atomic E-state index is 0.214. The van der Waals surface area contributed by atoms with Crippen molar-refractivity contribution < 1.29 is 23.0 Å². The molecular weight excluding hydrogens is 365 g/mol. The van der Waals surface area contributed by atoms with E-state index in [0.717, 1.165) is 22.8 Å². The van der Waals surface area contributed by atoms with Crippen molar-refractivity contribution >= 4 is 0 Å². The summed E-state index contributed by atoms with van der Waals surface area (Å²) in [5.74, 6) is -3.23.